The van der Waals surface area contributed by atoms with E-state index in [4.69, 9.17) is 5.21 Å². The fourth-order valence-corrected chi connectivity index (χ4v) is 2.09. The molecule has 0 aliphatic carbocycles. The van der Waals surface area contributed by atoms with Gasteiger partial charge in [0.2, 0.25) is 11.1 Å². The third kappa shape index (κ3) is 1.71. The van der Waals surface area contributed by atoms with Crippen LogP contribution in [0.15, 0.2) is 5.16 Å². The van der Waals surface area contributed by atoms with E-state index in [2.05, 4.69) is 5.16 Å². The summed E-state index contributed by atoms with van der Waals surface area (Å²) in [5.74, 6) is 0. The van der Waals surface area contributed by atoms with Gasteiger partial charge in [0.1, 0.15) is 0 Å². The summed E-state index contributed by atoms with van der Waals surface area (Å²) >= 11 is 0. The van der Waals surface area contributed by atoms with Crippen LogP contribution in [0.2, 0.25) is 0 Å². The van der Waals surface area contributed by atoms with Gasteiger partial charge in [-0.2, -0.15) is 0 Å². The second-order valence-corrected chi connectivity index (χ2v) is 4.94. The van der Waals surface area contributed by atoms with E-state index in [0.29, 0.717) is 18.6 Å². The van der Waals surface area contributed by atoms with Crippen LogP contribution in [-0.4, -0.2) is 26.8 Å². The molecule has 0 bridgehead atoms. The van der Waals surface area contributed by atoms with Gasteiger partial charge in [-0.15, -0.1) is 0 Å². The Bertz CT molecular complexity index is 245. The lowest BCUT2D eigenvalue weighted by atomic mass is 9.81. The zero-order valence-electron chi connectivity index (χ0n) is 8.66. The summed E-state index contributed by atoms with van der Waals surface area (Å²) in [6, 6.07) is 0. The fraction of sp³-hybridized carbons (Fsp3) is 0.889. The summed E-state index contributed by atoms with van der Waals surface area (Å²) in [6.45, 7) is 7.47. The average molecular weight is 185 g/mol. The van der Waals surface area contributed by atoms with Crippen molar-refractivity contribution >= 4 is 5.71 Å². The van der Waals surface area contributed by atoms with Gasteiger partial charge in [0.15, 0.2) is 0 Å². The number of hydrogen-bond donors (Lipinski definition) is 1. The van der Waals surface area contributed by atoms with Gasteiger partial charge >= 0.3 is 0 Å². The molecule has 74 valence electrons. The van der Waals surface area contributed by atoms with E-state index in [1.54, 1.807) is 0 Å². The van der Waals surface area contributed by atoms with Gasteiger partial charge in [0.25, 0.3) is 0 Å². The molecule has 0 atom stereocenters. The topological polar surface area (TPSA) is 52.7 Å². The normalized spacial score (nSPS) is 25.8. The molecule has 0 aromatic carbocycles. The lowest BCUT2D eigenvalue weighted by Gasteiger charge is -2.31. The second kappa shape index (κ2) is 2.79. The molecule has 1 rings (SSSR count). The molecule has 13 heavy (non-hydrogen) atoms. The first-order valence-corrected chi connectivity index (χ1v) is 4.47. The van der Waals surface area contributed by atoms with Crippen LogP contribution in [0, 0.1) is 4.91 Å². The first-order chi connectivity index (χ1) is 5.79. The van der Waals surface area contributed by atoms with Gasteiger partial charge in [-0.1, -0.05) is 5.16 Å². The van der Waals surface area contributed by atoms with Crippen LogP contribution in [0.25, 0.3) is 0 Å². The molecule has 0 aromatic heterocycles. The Morgan fingerprint density at radius 2 is 1.62 bits per heavy atom. The van der Waals surface area contributed by atoms with Crippen LogP contribution in [0.1, 0.15) is 40.5 Å². The molecule has 1 heterocycles. The number of piperidine rings is 1. The highest BCUT2D eigenvalue weighted by Crippen LogP contribution is 2.32. The lowest BCUT2D eigenvalue weighted by Crippen LogP contribution is -2.54. The second-order valence-electron chi connectivity index (χ2n) is 4.94. The van der Waals surface area contributed by atoms with E-state index >= 15 is 0 Å². The van der Waals surface area contributed by atoms with Crippen molar-refractivity contribution in [2.75, 3.05) is 0 Å². The molecule has 0 spiro atoms. The van der Waals surface area contributed by atoms with Crippen LogP contribution in [0.3, 0.4) is 0 Å². The van der Waals surface area contributed by atoms with Crippen LogP contribution in [0.5, 0.6) is 0 Å². The molecular weight excluding hydrogens is 168 g/mol. The Morgan fingerprint density at radius 3 is 1.92 bits per heavy atom. The van der Waals surface area contributed by atoms with Crippen LogP contribution in [-0.2, 0) is 0 Å². The van der Waals surface area contributed by atoms with Gasteiger partial charge in [0, 0.05) is 37.4 Å². The average Bonchev–Trinajstić information content (AvgIpc) is 1.99. The number of nitroso groups, excluding NO2 is 1. The predicted molar refractivity (Wildman–Crippen MR) is 50.2 cm³/mol. The van der Waals surface area contributed by atoms with Crippen molar-refractivity contribution in [3.63, 3.8) is 0 Å². The van der Waals surface area contributed by atoms with Crippen molar-refractivity contribution in [2.45, 2.75) is 51.6 Å². The largest absolute Gasteiger partial charge is 0.411 e. The van der Waals surface area contributed by atoms with E-state index < -0.39 is 11.1 Å². The molecule has 0 aromatic rings. The molecule has 1 N–H and O–H groups in total. The van der Waals surface area contributed by atoms with Crippen molar-refractivity contribution in [1.82, 2.24) is 0 Å². The number of nitrogens with zero attached hydrogens (tertiary/aromatic N) is 2. The van der Waals surface area contributed by atoms with Crippen molar-refractivity contribution in [3.8, 4) is 0 Å². The molecule has 0 amide bonds. The van der Waals surface area contributed by atoms with E-state index in [-0.39, 0.29) is 0 Å². The van der Waals surface area contributed by atoms with E-state index in [9.17, 15) is 4.91 Å². The van der Waals surface area contributed by atoms with Gasteiger partial charge < -0.3 is 5.21 Å². The number of hydrogen-bond acceptors (Lipinski definition) is 3. The summed E-state index contributed by atoms with van der Waals surface area (Å²) < 4.78 is 1.11. The van der Waals surface area contributed by atoms with Crippen LogP contribution >= 0.6 is 0 Å². The first kappa shape index (κ1) is 10.2. The maximum Gasteiger partial charge on any atom is 0.211 e. The minimum absolute atomic E-state index is 0.469. The SMILES string of the molecule is CC1(C)CC(=NO)CC(C)(C)[N+]1=O. The van der Waals surface area contributed by atoms with Crippen LogP contribution in [0.4, 0.5) is 0 Å². The molecule has 0 unspecified atom stereocenters. The standard InChI is InChI=1S/C9H16N2O2/c1-8(2)5-7(10-12)6-9(3,4)11(8)13/h5-6H2,1-4H3/p+1. The van der Waals surface area contributed by atoms with Gasteiger partial charge in [0.05, 0.1) is 18.6 Å². The Labute approximate surface area is 78.2 Å². The minimum atomic E-state index is -0.469. The molecule has 4 nitrogen and oxygen atoms in total. The third-order valence-electron chi connectivity index (χ3n) is 2.51. The zero-order valence-corrected chi connectivity index (χ0v) is 8.66. The van der Waals surface area contributed by atoms with Gasteiger partial charge in [-0.25, -0.2) is 0 Å². The third-order valence-corrected chi connectivity index (χ3v) is 2.51. The van der Waals surface area contributed by atoms with Crippen LogP contribution < -0.4 is 0 Å². The Morgan fingerprint density at radius 1 is 1.23 bits per heavy atom. The highest BCUT2D eigenvalue weighted by molar-refractivity contribution is 5.86. The summed E-state index contributed by atoms with van der Waals surface area (Å²) in [4.78, 5) is 11.8. The van der Waals surface area contributed by atoms with E-state index in [1.165, 1.54) is 0 Å². The first-order valence-electron chi connectivity index (χ1n) is 4.47. The monoisotopic (exact) mass is 185 g/mol. The maximum absolute atomic E-state index is 11.8. The van der Waals surface area contributed by atoms with Crippen molar-refractivity contribution < 1.29 is 9.97 Å². The molecule has 1 fully saturated rings. The van der Waals surface area contributed by atoms with Crippen molar-refractivity contribution in [2.24, 2.45) is 5.16 Å². The molecule has 0 saturated carbocycles. The summed E-state index contributed by atoms with van der Waals surface area (Å²) in [5.41, 5.74) is -0.228. The van der Waals surface area contributed by atoms with Crippen molar-refractivity contribution in [3.05, 3.63) is 4.91 Å². The Balaban J connectivity index is 3.02. The fourth-order valence-electron chi connectivity index (χ4n) is 2.09. The lowest BCUT2D eigenvalue weighted by molar-refractivity contribution is -0.683. The minimum Gasteiger partial charge on any atom is -0.411 e. The molecule has 1 saturated heterocycles. The smallest absolute Gasteiger partial charge is 0.211 e. The van der Waals surface area contributed by atoms with Crippen molar-refractivity contribution in [1.29, 1.82) is 0 Å². The zero-order chi connectivity index (χ0) is 10.3. The predicted octanol–water partition coefficient (Wildman–Crippen LogP) is 1.95. The highest BCUT2D eigenvalue weighted by Gasteiger charge is 2.52. The van der Waals surface area contributed by atoms with E-state index in [0.717, 1.165) is 4.76 Å². The summed E-state index contributed by atoms with van der Waals surface area (Å²) in [5, 5.41) is 11.9. The number of oxime groups is 1. The summed E-state index contributed by atoms with van der Waals surface area (Å²) in [6.07, 6.45) is 1.08. The summed E-state index contributed by atoms with van der Waals surface area (Å²) in [7, 11) is 0. The molecular formula is C9H17N2O2+. The highest BCUT2D eigenvalue weighted by atomic mass is 16.4. The Kier molecular flexibility index (Phi) is 2.18. The molecule has 1 aliphatic heterocycles. The molecule has 0 radical (unpaired) electrons. The van der Waals surface area contributed by atoms with Gasteiger partial charge in [-0.3, -0.25) is 0 Å². The van der Waals surface area contributed by atoms with Gasteiger partial charge in [-0.05, 0) is 0 Å². The van der Waals surface area contributed by atoms with E-state index in [1.807, 2.05) is 27.7 Å². The quantitative estimate of drug-likeness (QED) is 0.356. The molecule has 4 heteroatoms. The molecule has 1 aliphatic rings. The maximum atomic E-state index is 11.8. The number of rotatable bonds is 0. The Hall–Kier alpha value is -0.930.